The van der Waals surface area contributed by atoms with Crippen LogP contribution in [-0.4, -0.2) is 40.7 Å². The van der Waals surface area contributed by atoms with E-state index >= 15 is 0 Å². The van der Waals surface area contributed by atoms with Crippen molar-refractivity contribution in [3.63, 3.8) is 0 Å². The van der Waals surface area contributed by atoms with Gasteiger partial charge in [0.25, 0.3) is 5.91 Å². The number of carbonyl (C=O) groups excluding carboxylic acids is 1. The first-order valence-corrected chi connectivity index (χ1v) is 9.36. The number of piperidine rings is 1. The number of H-pyrrole nitrogens is 1. The summed E-state index contributed by atoms with van der Waals surface area (Å²) in [5, 5.41) is 13.9. The van der Waals surface area contributed by atoms with Gasteiger partial charge in [-0.05, 0) is 56.0 Å². The minimum Gasteiger partial charge on any atom is -0.352 e. The lowest BCUT2D eigenvalue weighted by molar-refractivity contribution is 0.0950. The number of thioether (sulfide) groups is 1. The number of amides is 1. The van der Waals surface area contributed by atoms with Crippen LogP contribution in [0.5, 0.6) is 0 Å². The van der Waals surface area contributed by atoms with Gasteiger partial charge in [-0.15, -0.1) is 24.8 Å². The Kier molecular flexibility index (Phi) is 10.7. The molecule has 0 radical (unpaired) electrons. The van der Waals surface area contributed by atoms with Crippen LogP contribution in [0.2, 0.25) is 0 Å². The average molecular weight is 418 g/mol. The van der Waals surface area contributed by atoms with Gasteiger partial charge >= 0.3 is 0 Å². The topological polar surface area (TPSA) is 82.7 Å². The predicted octanol–water partition coefficient (Wildman–Crippen LogP) is 3.06. The molecule has 1 aromatic carbocycles. The highest BCUT2D eigenvalue weighted by Gasteiger charge is 2.13. The highest BCUT2D eigenvalue weighted by molar-refractivity contribution is 7.98. The van der Waals surface area contributed by atoms with Crippen molar-refractivity contribution >= 4 is 42.5 Å². The maximum absolute atomic E-state index is 12.2. The molecule has 144 valence electrons. The van der Waals surface area contributed by atoms with Crippen molar-refractivity contribution in [3.8, 4) is 0 Å². The largest absolute Gasteiger partial charge is 0.352 e. The molecule has 0 spiro atoms. The van der Waals surface area contributed by atoms with Crippen molar-refractivity contribution in [2.45, 2.75) is 30.2 Å². The summed E-state index contributed by atoms with van der Waals surface area (Å²) in [5.74, 6) is 1.49. The fraction of sp³-hybridized carbons (Fsp3) is 0.471. The Morgan fingerprint density at radius 1 is 1.27 bits per heavy atom. The molecule has 1 aliphatic rings. The number of aromatic nitrogens is 3. The molecule has 9 heteroatoms. The van der Waals surface area contributed by atoms with Gasteiger partial charge in [-0.25, -0.2) is 4.98 Å². The number of rotatable bonds is 7. The van der Waals surface area contributed by atoms with E-state index in [1.165, 1.54) is 19.2 Å². The van der Waals surface area contributed by atoms with Gasteiger partial charge in [-0.3, -0.25) is 9.89 Å². The van der Waals surface area contributed by atoms with Crippen LogP contribution < -0.4 is 10.6 Å². The van der Waals surface area contributed by atoms with E-state index in [4.69, 9.17) is 0 Å². The normalized spacial score (nSPS) is 16.2. The molecule has 1 aliphatic heterocycles. The SMILES string of the molecule is Cl.Cl.O=C(NCCC1CCCNC1)c1ccc(CSc2ncn[nH]2)cc1. The predicted molar refractivity (Wildman–Crippen MR) is 109 cm³/mol. The molecule has 1 atom stereocenters. The smallest absolute Gasteiger partial charge is 0.251 e. The molecule has 3 rings (SSSR count). The van der Waals surface area contributed by atoms with E-state index in [1.54, 1.807) is 11.8 Å². The van der Waals surface area contributed by atoms with Crippen molar-refractivity contribution in [1.29, 1.82) is 0 Å². The Balaban J connectivity index is 0.00000169. The highest BCUT2D eigenvalue weighted by atomic mass is 35.5. The minimum atomic E-state index is 0. The molecule has 2 aromatic rings. The van der Waals surface area contributed by atoms with Crippen LogP contribution in [0.1, 0.15) is 35.2 Å². The summed E-state index contributed by atoms with van der Waals surface area (Å²) >= 11 is 1.59. The number of carbonyl (C=O) groups is 1. The molecule has 1 aromatic heterocycles. The molecule has 0 saturated carbocycles. The van der Waals surface area contributed by atoms with Gasteiger partial charge in [0.2, 0.25) is 0 Å². The molecule has 1 saturated heterocycles. The first kappa shape index (κ1) is 22.8. The second kappa shape index (κ2) is 12.2. The first-order chi connectivity index (χ1) is 11.8. The number of hydrogen-bond acceptors (Lipinski definition) is 5. The first-order valence-electron chi connectivity index (χ1n) is 8.37. The lowest BCUT2D eigenvalue weighted by atomic mass is 9.96. The quantitative estimate of drug-likeness (QED) is 0.602. The van der Waals surface area contributed by atoms with E-state index in [2.05, 4.69) is 25.8 Å². The summed E-state index contributed by atoms with van der Waals surface area (Å²) in [5.41, 5.74) is 1.87. The summed E-state index contributed by atoms with van der Waals surface area (Å²) in [4.78, 5) is 16.3. The van der Waals surface area contributed by atoms with Crippen LogP contribution >= 0.6 is 36.6 Å². The van der Waals surface area contributed by atoms with Crippen LogP contribution in [0.3, 0.4) is 0 Å². The van der Waals surface area contributed by atoms with Gasteiger partial charge in [0, 0.05) is 17.9 Å². The van der Waals surface area contributed by atoms with Gasteiger partial charge in [-0.2, -0.15) is 5.10 Å². The molecule has 1 unspecified atom stereocenters. The average Bonchev–Trinajstić information content (AvgIpc) is 3.15. The second-order valence-corrected chi connectivity index (χ2v) is 7.00. The maximum atomic E-state index is 12.2. The lowest BCUT2D eigenvalue weighted by Gasteiger charge is -2.22. The Labute approximate surface area is 170 Å². The van der Waals surface area contributed by atoms with Crippen molar-refractivity contribution in [3.05, 3.63) is 41.7 Å². The zero-order chi connectivity index (χ0) is 16.6. The summed E-state index contributed by atoms with van der Waals surface area (Å²) < 4.78 is 0. The number of halogens is 2. The highest BCUT2D eigenvalue weighted by Crippen LogP contribution is 2.18. The van der Waals surface area contributed by atoms with Crippen LogP contribution in [-0.2, 0) is 5.75 Å². The van der Waals surface area contributed by atoms with Crippen molar-refractivity contribution in [2.24, 2.45) is 5.92 Å². The number of benzene rings is 1. The van der Waals surface area contributed by atoms with Crippen LogP contribution in [0.4, 0.5) is 0 Å². The van der Waals surface area contributed by atoms with Crippen LogP contribution in [0.25, 0.3) is 0 Å². The molecular weight excluding hydrogens is 393 g/mol. The lowest BCUT2D eigenvalue weighted by Crippen LogP contribution is -2.33. The minimum absolute atomic E-state index is 0. The van der Waals surface area contributed by atoms with Gasteiger partial charge in [0.15, 0.2) is 5.16 Å². The van der Waals surface area contributed by atoms with Crippen LogP contribution in [0.15, 0.2) is 35.7 Å². The van der Waals surface area contributed by atoms with Crippen molar-refractivity contribution in [1.82, 2.24) is 25.8 Å². The summed E-state index contributed by atoms with van der Waals surface area (Å²) in [7, 11) is 0. The van der Waals surface area contributed by atoms with Gasteiger partial charge in [0.1, 0.15) is 6.33 Å². The fourth-order valence-corrected chi connectivity index (χ4v) is 3.56. The van der Waals surface area contributed by atoms with Gasteiger partial charge in [-0.1, -0.05) is 23.9 Å². The summed E-state index contributed by atoms with van der Waals surface area (Å²) in [6.07, 6.45) is 5.05. The third-order valence-electron chi connectivity index (χ3n) is 4.22. The molecule has 3 N–H and O–H groups in total. The van der Waals surface area contributed by atoms with E-state index in [0.29, 0.717) is 11.5 Å². The number of nitrogens with one attached hydrogen (secondary N) is 3. The molecule has 26 heavy (non-hydrogen) atoms. The maximum Gasteiger partial charge on any atom is 0.251 e. The van der Waals surface area contributed by atoms with E-state index in [9.17, 15) is 4.79 Å². The number of aromatic amines is 1. The second-order valence-electron chi connectivity index (χ2n) is 6.03. The monoisotopic (exact) mass is 417 g/mol. The van der Waals surface area contributed by atoms with E-state index in [1.807, 2.05) is 24.3 Å². The zero-order valence-electron chi connectivity index (χ0n) is 14.4. The third-order valence-corrected chi connectivity index (χ3v) is 5.17. The fourth-order valence-electron chi connectivity index (χ4n) is 2.83. The Morgan fingerprint density at radius 3 is 2.73 bits per heavy atom. The Bertz CT molecular complexity index is 633. The Morgan fingerprint density at radius 2 is 2.08 bits per heavy atom. The van der Waals surface area contributed by atoms with Crippen LogP contribution in [0, 0.1) is 5.92 Å². The number of hydrogen-bond donors (Lipinski definition) is 3. The molecule has 6 nitrogen and oxygen atoms in total. The molecule has 0 bridgehead atoms. The molecule has 2 heterocycles. The third kappa shape index (κ3) is 7.15. The summed E-state index contributed by atoms with van der Waals surface area (Å²) in [6, 6.07) is 7.74. The molecule has 1 amide bonds. The summed E-state index contributed by atoms with van der Waals surface area (Å²) in [6.45, 7) is 2.95. The van der Waals surface area contributed by atoms with E-state index in [-0.39, 0.29) is 30.7 Å². The number of nitrogens with zero attached hydrogens (tertiary/aromatic N) is 2. The van der Waals surface area contributed by atoms with E-state index in [0.717, 1.165) is 42.5 Å². The molecule has 1 fully saturated rings. The Hall–Kier alpha value is -1.28. The standard InChI is InChI=1S/C17H23N5OS.2ClH/c23-16(19-9-7-13-2-1-8-18-10-13)15-5-3-14(4-6-15)11-24-17-20-12-21-22-17;;/h3-6,12-13,18H,1-2,7-11H2,(H,19,23)(H,20,21,22);2*1H. The van der Waals surface area contributed by atoms with E-state index < -0.39 is 0 Å². The van der Waals surface area contributed by atoms with Gasteiger partial charge in [0.05, 0.1) is 0 Å². The molecular formula is C17H25Cl2N5OS. The van der Waals surface area contributed by atoms with Crippen molar-refractivity contribution in [2.75, 3.05) is 19.6 Å². The van der Waals surface area contributed by atoms with Gasteiger partial charge < -0.3 is 10.6 Å². The zero-order valence-corrected chi connectivity index (χ0v) is 16.9. The van der Waals surface area contributed by atoms with Crippen molar-refractivity contribution < 1.29 is 4.79 Å². The molecule has 0 aliphatic carbocycles.